The second-order valence-electron chi connectivity index (χ2n) is 4.85. The lowest BCUT2D eigenvalue weighted by molar-refractivity contribution is 0.484. The van der Waals surface area contributed by atoms with Crippen molar-refractivity contribution in [2.45, 2.75) is 39.7 Å². The molecule has 0 aliphatic rings. The molecule has 0 saturated heterocycles. The molecule has 0 fully saturated rings. The number of nitrogens with two attached hydrogens (primary N) is 1. The third-order valence-electron chi connectivity index (χ3n) is 3.10. The quantitative estimate of drug-likeness (QED) is 0.764. The zero-order valence-corrected chi connectivity index (χ0v) is 13.6. The highest BCUT2D eigenvalue weighted by atomic mass is 79.9. The molecule has 4 heteroatoms. The van der Waals surface area contributed by atoms with Gasteiger partial charge >= 0.3 is 0 Å². The molecule has 1 aromatic carbocycles. The normalized spacial score (nSPS) is 14.0. The average Bonchev–Trinajstić information content (AvgIpc) is 2.28. The molecule has 0 bridgehead atoms. The van der Waals surface area contributed by atoms with Crippen molar-refractivity contribution >= 4 is 38.8 Å². The van der Waals surface area contributed by atoms with Gasteiger partial charge in [0, 0.05) is 21.8 Å². The minimum Gasteiger partial charge on any atom is -0.389 e. The zero-order chi connectivity index (χ0) is 13.7. The van der Waals surface area contributed by atoms with Gasteiger partial charge in [-0.25, -0.2) is 0 Å². The third-order valence-corrected chi connectivity index (χ3v) is 3.98. The number of nitrogens with one attached hydrogen (secondary N) is 1. The minimum absolute atomic E-state index is 0.418. The smallest absolute Gasteiger partial charge is 0.105 e. The molecule has 1 aromatic rings. The van der Waals surface area contributed by atoms with E-state index in [4.69, 9.17) is 18.0 Å². The Morgan fingerprint density at radius 2 is 2.11 bits per heavy atom. The molecule has 1 rings (SSSR count). The number of hydrogen-bond donors (Lipinski definition) is 2. The van der Waals surface area contributed by atoms with Crippen LogP contribution < -0.4 is 11.1 Å². The Kier molecular flexibility index (Phi) is 6.09. The molecule has 0 radical (unpaired) electrons. The summed E-state index contributed by atoms with van der Waals surface area (Å²) in [6.45, 7) is 6.72. The third kappa shape index (κ3) is 4.58. The molecule has 0 spiro atoms. The Bertz CT molecular complexity index is 420. The van der Waals surface area contributed by atoms with Crippen LogP contribution in [0.3, 0.4) is 0 Å². The summed E-state index contributed by atoms with van der Waals surface area (Å²) in [7, 11) is 0. The van der Waals surface area contributed by atoms with Crippen molar-refractivity contribution in [3.05, 3.63) is 28.2 Å². The van der Waals surface area contributed by atoms with Crippen molar-refractivity contribution in [1.29, 1.82) is 0 Å². The molecular formula is C14H21BrN2S. The van der Waals surface area contributed by atoms with Crippen LogP contribution in [-0.4, -0.2) is 11.0 Å². The summed E-state index contributed by atoms with van der Waals surface area (Å²) >= 11 is 8.48. The van der Waals surface area contributed by atoms with Crippen molar-refractivity contribution in [3.8, 4) is 0 Å². The molecule has 0 amide bonds. The van der Waals surface area contributed by atoms with Gasteiger partial charge in [-0.3, -0.25) is 0 Å². The lowest BCUT2D eigenvalue weighted by Gasteiger charge is -2.19. The van der Waals surface area contributed by atoms with E-state index in [0.29, 0.717) is 11.0 Å². The standard InChI is InChI=1S/C14H21BrN2S/c1-4-9(2)7-10(3)17-11-5-6-12(14(16)18)13(15)8-11/h5-6,8-10,17H,4,7H2,1-3H3,(H2,16,18). The van der Waals surface area contributed by atoms with Crippen molar-refractivity contribution < 1.29 is 0 Å². The second kappa shape index (κ2) is 7.10. The van der Waals surface area contributed by atoms with Crippen molar-refractivity contribution in [2.24, 2.45) is 11.7 Å². The Morgan fingerprint density at radius 3 is 2.61 bits per heavy atom. The first kappa shape index (κ1) is 15.4. The van der Waals surface area contributed by atoms with E-state index >= 15 is 0 Å². The van der Waals surface area contributed by atoms with Gasteiger partial charge in [-0.15, -0.1) is 0 Å². The highest BCUT2D eigenvalue weighted by Crippen LogP contribution is 2.23. The number of anilines is 1. The van der Waals surface area contributed by atoms with Gasteiger partial charge in [0.2, 0.25) is 0 Å². The SMILES string of the molecule is CCC(C)CC(C)Nc1ccc(C(N)=S)c(Br)c1. The number of thiocarbonyl (C=S) groups is 1. The predicted octanol–water partition coefficient (Wildman–Crippen LogP) is 4.32. The Hall–Kier alpha value is -0.610. The van der Waals surface area contributed by atoms with Gasteiger partial charge in [-0.1, -0.05) is 32.5 Å². The maximum atomic E-state index is 5.63. The van der Waals surface area contributed by atoms with Gasteiger partial charge in [-0.05, 0) is 53.4 Å². The lowest BCUT2D eigenvalue weighted by Crippen LogP contribution is -2.18. The maximum Gasteiger partial charge on any atom is 0.105 e. The van der Waals surface area contributed by atoms with Gasteiger partial charge in [-0.2, -0.15) is 0 Å². The van der Waals surface area contributed by atoms with Crippen LogP contribution in [0.15, 0.2) is 22.7 Å². The Morgan fingerprint density at radius 1 is 1.44 bits per heavy atom. The summed E-state index contributed by atoms with van der Waals surface area (Å²) in [5.74, 6) is 0.742. The van der Waals surface area contributed by atoms with Gasteiger partial charge in [0.05, 0.1) is 0 Å². The summed E-state index contributed by atoms with van der Waals surface area (Å²) in [6, 6.07) is 6.46. The van der Waals surface area contributed by atoms with Crippen LogP contribution in [-0.2, 0) is 0 Å². The average molecular weight is 329 g/mol. The van der Waals surface area contributed by atoms with Crippen LogP contribution in [0.4, 0.5) is 5.69 Å². The van der Waals surface area contributed by atoms with Crippen LogP contribution in [0.1, 0.15) is 39.2 Å². The molecule has 0 saturated carbocycles. The van der Waals surface area contributed by atoms with Crippen LogP contribution in [0.2, 0.25) is 0 Å². The van der Waals surface area contributed by atoms with Crippen LogP contribution in [0, 0.1) is 5.92 Å². The zero-order valence-electron chi connectivity index (χ0n) is 11.2. The number of halogens is 1. The molecule has 0 heterocycles. The number of rotatable bonds is 6. The van der Waals surface area contributed by atoms with Gasteiger partial charge in [0.25, 0.3) is 0 Å². The highest BCUT2D eigenvalue weighted by Gasteiger charge is 2.09. The summed E-state index contributed by atoms with van der Waals surface area (Å²) < 4.78 is 0.940. The van der Waals surface area contributed by atoms with E-state index < -0.39 is 0 Å². The van der Waals surface area contributed by atoms with Crippen molar-refractivity contribution in [2.75, 3.05) is 5.32 Å². The summed E-state index contributed by atoms with van der Waals surface area (Å²) in [6.07, 6.45) is 2.39. The Balaban J connectivity index is 2.68. The van der Waals surface area contributed by atoms with Crippen LogP contribution in [0.25, 0.3) is 0 Å². The first-order chi connectivity index (χ1) is 8.43. The van der Waals surface area contributed by atoms with E-state index in [1.54, 1.807) is 0 Å². The van der Waals surface area contributed by atoms with Crippen LogP contribution >= 0.6 is 28.1 Å². The molecule has 18 heavy (non-hydrogen) atoms. The fourth-order valence-electron chi connectivity index (χ4n) is 1.92. The largest absolute Gasteiger partial charge is 0.389 e. The molecular weight excluding hydrogens is 308 g/mol. The summed E-state index contributed by atoms with van der Waals surface area (Å²) in [5.41, 5.74) is 7.61. The maximum absolute atomic E-state index is 5.63. The fourth-order valence-corrected chi connectivity index (χ4v) is 2.82. The molecule has 0 aliphatic carbocycles. The Labute approximate surface area is 123 Å². The van der Waals surface area contributed by atoms with E-state index in [2.05, 4.69) is 42.0 Å². The first-order valence-corrected chi connectivity index (χ1v) is 7.50. The van der Waals surface area contributed by atoms with Gasteiger partial charge < -0.3 is 11.1 Å². The van der Waals surface area contributed by atoms with Gasteiger partial charge in [0.15, 0.2) is 0 Å². The van der Waals surface area contributed by atoms with Crippen LogP contribution in [0.5, 0.6) is 0 Å². The van der Waals surface area contributed by atoms with E-state index in [1.807, 2.05) is 18.2 Å². The predicted molar refractivity (Wildman–Crippen MR) is 87.2 cm³/mol. The molecule has 0 aliphatic heterocycles. The first-order valence-electron chi connectivity index (χ1n) is 6.30. The molecule has 100 valence electrons. The molecule has 0 aromatic heterocycles. The number of hydrogen-bond acceptors (Lipinski definition) is 2. The molecule has 2 atom stereocenters. The molecule has 2 unspecified atom stereocenters. The van der Waals surface area contributed by atoms with E-state index in [9.17, 15) is 0 Å². The van der Waals surface area contributed by atoms with Crippen molar-refractivity contribution in [3.63, 3.8) is 0 Å². The van der Waals surface area contributed by atoms with Crippen molar-refractivity contribution in [1.82, 2.24) is 0 Å². The fraction of sp³-hybridized carbons (Fsp3) is 0.500. The van der Waals surface area contributed by atoms with E-state index in [-0.39, 0.29) is 0 Å². The lowest BCUT2D eigenvalue weighted by atomic mass is 10.0. The highest BCUT2D eigenvalue weighted by molar-refractivity contribution is 9.10. The summed E-state index contributed by atoms with van der Waals surface area (Å²) in [5, 5.41) is 3.50. The van der Waals surface area contributed by atoms with Gasteiger partial charge in [0.1, 0.15) is 4.99 Å². The second-order valence-corrected chi connectivity index (χ2v) is 6.15. The number of benzene rings is 1. The van der Waals surface area contributed by atoms with E-state index in [0.717, 1.165) is 21.6 Å². The topological polar surface area (TPSA) is 38.0 Å². The van der Waals surface area contributed by atoms with E-state index in [1.165, 1.54) is 12.8 Å². The summed E-state index contributed by atoms with van der Waals surface area (Å²) in [4.78, 5) is 0.418. The minimum atomic E-state index is 0.418. The molecule has 2 nitrogen and oxygen atoms in total. The molecule has 3 N–H and O–H groups in total. The monoisotopic (exact) mass is 328 g/mol.